The standard InChI is InChI=1S/C18H12F6N4S/c1-9-3-4-10(2)27(9)16-11(5-6-29-16)12-7-15-25-13(17(19,20)21)8-14(18(22,23)24)28(15)26-12/h3-8H,1-2H3. The molecule has 0 amide bonds. The third kappa shape index (κ3) is 3.28. The van der Waals surface area contributed by atoms with Gasteiger partial charge in [-0.1, -0.05) is 0 Å². The van der Waals surface area contributed by atoms with Crippen LogP contribution < -0.4 is 0 Å². The molecule has 0 N–H and O–H groups in total. The summed E-state index contributed by atoms with van der Waals surface area (Å²) in [6.07, 6.45) is -10.0. The molecular formula is C18H12F6N4S. The van der Waals surface area contributed by atoms with Crippen LogP contribution in [0.2, 0.25) is 0 Å². The van der Waals surface area contributed by atoms with Crippen molar-refractivity contribution >= 4 is 17.0 Å². The summed E-state index contributed by atoms with van der Waals surface area (Å²) in [5, 5.41) is 6.38. The van der Waals surface area contributed by atoms with Crippen molar-refractivity contribution in [1.29, 1.82) is 0 Å². The summed E-state index contributed by atoms with van der Waals surface area (Å²) in [6, 6.07) is 6.55. The quantitative estimate of drug-likeness (QED) is 0.371. The molecule has 0 saturated heterocycles. The van der Waals surface area contributed by atoms with Crippen LogP contribution in [0.1, 0.15) is 22.8 Å². The number of aromatic nitrogens is 4. The maximum Gasteiger partial charge on any atom is 0.433 e. The molecule has 4 heterocycles. The maximum atomic E-state index is 13.4. The van der Waals surface area contributed by atoms with E-state index in [0.29, 0.717) is 15.1 Å². The Morgan fingerprint density at radius 3 is 2.14 bits per heavy atom. The SMILES string of the molecule is Cc1ccc(C)n1-c1sccc1-c1cc2nc(C(F)(F)F)cc(C(F)(F)F)n2n1. The topological polar surface area (TPSA) is 35.1 Å². The third-order valence-electron chi connectivity index (χ3n) is 4.40. The Balaban J connectivity index is 1.96. The Morgan fingerprint density at radius 2 is 1.55 bits per heavy atom. The van der Waals surface area contributed by atoms with Crippen molar-refractivity contribution in [3.05, 3.63) is 58.5 Å². The number of halogens is 6. The number of fused-ring (bicyclic) bond motifs is 1. The molecule has 0 spiro atoms. The van der Waals surface area contributed by atoms with E-state index in [2.05, 4.69) is 10.1 Å². The van der Waals surface area contributed by atoms with E-state index in [1.165, 1.54) is 11.3 Å². The van der Waals surface area contributed by atoms with E-state index >= 15 is 0 Å². The predicted molar refractivity (Wildman–Crippen MR) is 95.1 cm³/mol. The smallest absolute Gasteiger partial charge is 0.310 e. The second-order valence-electron chi connectivity index (χ2n) is 6.41. The Labute approximate surface area is 164 Å². The second-order valence-corrected chi connectivity index (χ2v) is 7.31. The lowest BCUT2D eigenvalue weighted by Gasteiger charge is -2.12. The first kappa shape index (κ1) is 19.5. The number of aryl methyl sites for hydroxylation is 2. The molecule has 11 heteroatoms. The fraction of sp³-hybridized carbons (Fsp3) is 0.222. The van der Waals surface area contributed by atoms with Gasteiger partial charge in [0, 0.05) is 23.0 Å². The minimum Gasteiger partial charge on any atom is -0.310 e. The zero-order valence-corrected chi connectivity index (χ0v) is 15.7. The normalized spacial score (nSPS) is 12.8. The minimum atomic E-state index is -5.03. The summed E-state index contributed by atoms with van der Waals surface area (Å²) in [5.74, 6) is 0. The van der Waals surface area contributed by atoms with Gasteiger partial charge in [-0.3, -0.25) is 0 Å². The van der Waals surface area contributed by atoms with Crippen LogP contribution in [0.3, 0.4) is 0 Å². The zero-order valence-electron chi connectivity index (χ0n) is 14.9. The first-order chi connectivity index (χ1) is 13.5. The molecule has 0 aliphatic heterocycles. The van der Waals surface area contributed by atoms with Crippen LogP contribution >= 0.6 is 11.3 Å². The summed E-state index contributed by atoms with van der Waals surface area (Å²) in [5.41, 5.74) is -1.26. The van der Waals surface area contributed by atoms with Crippen LogP contribution in [-0.4, -0.2) is 19.2 Å². The molecule has 0 unspecified atom stereocenters. The molecular weight excluding hydrogens is 418 g/mol. The summed E-state index contributed by atoms with van der Waals surface area (Å²) >= 11 is 1.35. The molecule has 4 aromatic rings. The minimum absolute atomic E-state index is 0.0292. The monoisotopic (exact) mass is 430 g/mol. The van der Waals surface area contributed by atoms with Crippen molar-refractivity contribution in [2.75, 3.05) is 0 Å². The van der Waals surface area contributed by atoms with Crippen molar-refractivity contribution in [1.82, 2.24) is 19.2 Å². The number of alkyl halides is 6. The van der Waals surface area contributed by atoms with E-state index in [1.807, 2.05) is 30.5 Å². The summed E-state index contributed by atoms with van der Waals surface area (Å²) < 4.78 is 81.6. The molecule has 0 saturated carbocycles. The number of hydrogen-bond acceptors (Lipinski definition) is 3. The second kappa shape index (κ2) is 6.34. The van der Waals surface area contributed by atoms with Gasteiger partial charge in [0.05, 0.1) is 5.69 Å². The molecule has 0 atom stereocenters. The molecule has 4 rings (SSSR count). The molecule has 29 heavy (non-hydrogen) atoms. The number of rotatable bonds is 2. The van der Waals surface area contributed by atoms with Crippen molar-refractivity contribution in [2.45, 2.75) is 26.2 Å². The van der Waals surface area contributed by atoms with Crippen molar-refractivity contribution in [2.24, 2.45) is 0 Å². The predicted octanol–water partition coefficient (Wildman–Crippen LogP) is 5.90. The van der Waals surface area contributed by atoms with Gasteiger partial charge in [0.25, 0.3) is 0 Å². The lowest BCUT2D eigenvalue weighted by molar-refractivity contribution is -0.148. The Hall–Kier alpha value is -2.82. The third-order valence-corrected chi connectivity index (χ3v) is 5.30. The zero-order chi connectivity index (χ0) is 21.1. The van der Waals surface area contributed by atoms with Crippen molar-refractivity contribution in [3.8, 4) is 16.3 Å². The highest BCUT2D eigenvalue weighted by Gasteiger charge is 2.40. The molecule has 0 radical (unpaired) electrons. The molecule has 0 aliphatic carbocycles. The first-order valence-corrected chi connectivity index (χ1v) is 9.13. The molecule has 0 bridgehead atoms. The fourth-order valence-corrected chi connectivity index (χ4v) is 4.14. The fourth-order valence-electron chi connectivity index (χ4n) is 3.11. The average Bonchev–Trinajstić information content (AvgIpc) is 3.29. The highest BCUT2D eigenvalue weighted by molar-refractivity contribution is 7.13. The number of nitrogens with zero attached hydrogens (tertiary/aromatic N) is 4. The molecule has 0 aromatic carbocycles. The van der Waals surface area contributed by atoms with E-state index in [1.54, 1.807) is 11.4 Å². The largest absolute Gasteiger partial charge is 0.433 e. The average molecular weight is 430 g/mol. The van der Waals surface area contributed by atoms with Gasteiger partial charge in [0.1, 0.15) is 10.7 Å². The van der Waals surface area contributed by atoms with E-state index < -0.39 is 29.4 Å². The van der Waals surface area contributed by atoms with Gasteiger partial charge >= 0.3 is 12.4 Å². The van der Waals surface area contributed by atoms with Gasteiger partial charge < -0.3 is 4.57 Å². The molecule has 4 nitrogen and oxygen atoms in total. The van der Waals surface area contributed by atoms with E-state index in [4.69, 9.17) is 0 Å². The van der Waals surface area contributed by atoms with Crippen LogP contribution in [0.4, 0.5) is 26.3 Å². The first-order valence-electron chi connectivity index (χ1n) is 8.25. The van der Waals surface area contributed by atoms with Gasteiger partial charge in [0.15, 0.2) is 11.3 Å². The van der Waals surface area contributed by atoms with Gasteiger partial charge in [-0.25, -0.2) is 9.50 Å². The molecule has 152 valence electrons. The lowest BCUT2D eigenvalue weighted by atomic mass is 10.2. The molecule has 0 aliphatic rings. The number of thiophene rings is 1. The van der Waals surface area contributed by atoms with Crippen LogP contribution in [0.15, 0.2) is 35.7 Å². The van der Waals surface area contributed by atoms with Gasteiger partial charge in [-0.2, -0.15) is 31.4 Å². The molecule has 4 aromatic heterocycles. The Kier molecular flexibility index (Phi) is 4.26. The van der Waals surface area contributed by atoms with Gasteiger partial charge in [-0.15, -0.1) is 11.3 Å². The van der Waals surface area contributed by atoms with E-state index in [-0.39, 0.29) is 11.8 Å². The van der Waals surface area contributed by atoms with Gasteiger partial charge in [0.2, 0.25) is 0 Å². The highest BCUT2D eigenvalue weighted by Crippen LogP contribution is 2.37. The van der Waals surface area contributed by atoms with Crippen LogP contribution in [0.5, 0.6) is 0 Å². The van der Waals surface area contributed by atoms with Crippen molar-refractivity contribution in [3.63, 3.8) is 0 Å². The number of hydrogen-bond donors (Lipinski definition) is 0. The van der Waals surface area contributed by atoms with Crippen LogP contribution in [0.25, 0.3) is 21.9 Å². The van der Waals surface area contributed by atoms with Crippen LogP contribution in [0, 0.1) is 13.8 Å². The Morgan fingerprint density at radius 1 is 0.897 bits per heavy atom. The van der Waals surface area contributed by atoms with Gasteiger partial charge in [-0.05, 0) is 43.5 Å². The summed E-state index contributed by atoms with van der Waals surface area (Å²) in [4.78, 5) is 3.35. The van der Waals surface area contributed by atoms with E-state index in [0.717, 1.165) is 17.5 Å². The van der Waals surface area contributed by atoms with E-state index in [9.17, 15) is 26.3 Å². The maximum absolute atomic E-state index is 13.4. The summed E-state index contributed by atoms with van der Waals surface area (Å²) in [6.45, 7) is 3.75. The summed E-state index contributed by atoms with van der Waals surface area (Å²) in [7, 11) is 0. The molecule has 0 fully saturated rings. The van der Waals surface area contributed by atoms with Crippen LogP contribution in [-0.2, 0) is 12.4 Å². The Bertz CT molecular complexity index is 1190. The lowest BCUT2D eigenvalue weighted by Crippen LogP contribution is -2.17. The highest BCUT2D eigenvalue weighted by atomic mass is 32.1. The van der Waals surface area contributed by atoms with Crippen molar-refractivity contribution < 1.29 is 26.3 Å².